The molecule has 1 N–H and O–H groups in total. The van der Waals surface area contributed by atoms with Gasteiger partial charge < -0.3 is 10.1 Å². The van der Waals surface area contributed by atoms with E-state index in [1.165, 1.54) is 0 Å². The average Bonchev–Trinajstić information content (AvgIpc) is 2.49. The minimum absolute atomic E-state index is 0.155. The molecule has 1 aliphatic heterocycles. The maximum Gasteiger partial charge on any atom is 0.143 e. The van der Waals surface area contributed by atoms with Gasteiger partial charge in [0.25, 0.3) is 0 Å². The lowest BCUT2D eigenvalue weighted by atomic mass is 10.0. The molecule has 110 valence electrons. The molecule has 0 amide bonds. The van der Waals surface area contributed by atoms with E-state index in [4.69, 9.17) is 16.3 Å². The number of nitrogens with zero attached hydrogens (tertiary/aromatic N) is 2. The summed E-state index contributed by atoms with van der Waals surface area (Å²) in [6, 6.07) is 7.89. The maximum absolute atomic E-state index is 6.20. The fourth-order valence-electron chi connectivity index (χ4n) is 2.45. The Labute approximate surface area is 129 Å². The molecule has 1 aromatic heterocycles. The molecule has 1 aliphatic rings. The Morgan fingerprint density at radius 1 is 1.33 bits per heavy atom. The minimum Gasteiger partial charge on any atom is -0.492 e. The summed E-state index contributed by atoms with van der Waals surface area (Å²) in [5.74, 6) is 2.77. The third-order valence-corrected chi connectivity index (χ3v) is 3.84. The molecule has 0 spiro atoms. The van der Waals surface area contributed by atoms with Crippen molar-refractivity contribution in [2.24, 2.45) is 0 Å². The van der Waals surface area contributed by atoms with Gasteiger partial charge in [-0.3, -0.25) is 0 Å². The van der Waals surface area contributed by atoms with Crippen molar-refractivity contribution in [3.63, 3.8) is 0 Å². The van der Waals surface area contributed by atoms with Crippen molar-refractivity contribution in [3.8, 4) is 5.75 Å². The molecule has 0 bridgehead atoms. The lowest BCUT2D eigenvalue weighted by Crippen LogP contribution is -2.21. The number of para-hydroxylation sites is 1. The van der Waals surface area contributed by atoms with Crippen molar-refractivity contribution < 1.29 is 4.74 Å². The number of aromatic nitrogens is 2. The van der Waals surface area contributed by atoms with Gasteiger partial charge in [0.2, 0.25) is 0 Å². The van der Waals surface area contributed by atoms with E-state index in [0.29, 0.717) is 17.5 Å². The fourth-order valence-corrected chi connectivity index (χ4v) is 2.68. The highest BCUT2D eigenvalue weighted by Gasteiger charge is 2.23. The highest BCUT2D eigenvalue weighted by atomic mass is 35.5. The first-order valence-electron chi connectivity index (χ1n) is 7.16. The van der Waals surface area contributed by atoms with Crippen LogP contribution in [0.15, 0.2) is 30.5 Å². The number of hydrogen-bond donors (Lipinski definition) is 1. The summed E-state index contributed by atoms with van der Waals surface area (Å²) >= 11 is 6.20. The normalized spacial score (nSPS) is 17.2. The van der Waals surface area contributed by atoms with E-state index in [2.05, 4.69) is 29.1 Å². The summed E-state index contributed by atoms with van der Waals surface area (Å²) in [5.41, 5.74) is 1.08. The third-order valence-electron chi connectivity index (χ3n) is 3.54. The van der Waals surface area contributed by atoms with Crippen LogP contribution in [0, 0.1) is 0 Å². The van der Waals surface area contributed by atoms with E-state index >= 15 is 0 Å². The quantitative estimate of drug-likeness (QED) is 0.923. The Balaban J connectivity index is 1.87. The Morgan fingerprint density at radius 3 is 3.00 bits per heavy atom. The molecule has 4 nitrogen and oxygen atoms in total. The van der Waals surface area contributed by atoms with E-state index in [9.17, 15) is 0 Å². The summed E-state index contributed by atoms with van der Waals surface area (Å²) in [6.07, 6.45) is 2.68. The lowest BCUT2D eigenvalue weighted by Gasteiger charge is -2.27. The Hall–Kier alpha value is -1.81. The first-order valence-corrected chi connectivity index (χ1v) is 7.53. The predicted molar refractivity (Wildman–Crippen MR) is 84.0 cm³/mol. The molecule has 0 saturated heterocycles. The Bertz CT molecular complexity index is 645. The number of nitrogens with one attached hydrogen (secondary N) is 1. The monoisotopic (exact) mass is 303 g/mol. The van der Waals surface area contributed by atoms with Gasteiger partial charge >= 0.3 is 0 Å². The second-order valence-electron chi connectivity index (χ2n) is 5.45. The molecule has 0 radical (unpaired) electrons. The van der Waals surface area contributed by atoms with Gasteiger partial charge in [0.05, 0.1) is 17.7 Å². The molecule has 2 aromatic rings. The van der Waals surface area contributed by atoms with Crippen LogP contribution in [0.5, 0.6) is 5.75 Å². The van der Waals surface area contributed by atoms with Crippen LogP contribution in [-0.4, -0.2) is 16.6 Å². The summed E-state index contributed by atoms with van der Waals surface area (Å²) in [4.78, 5) is 8.86. The number of benzene rings is 1. The van der Waals surface area contributed by atoms with Crippen LogP contribution in [-0.2, 0) is 0 Å². The van der Waals surface area contributed by atoms with Crippen molar-refractivity contribution in [2.75, 3.05) is 11.9 Å². The van der Waals surface area contributed by atoms with Gasteiger partial charge in [-0.2, -0.15) is 0 Å². The third kappa shape index (κ3) is 2.95. The zero-order valence-electron chi connectivity index (χ0n) is 12.1. The smallest absolute Gasteiger partial charge is 0.143 e. The van der Waals surface area contributed by atoms with Gasteiger partial charge in [-0.1, -0.05) is 37.6 Å². The molecule has 1 aromatic carbocycles. The molecule has 0 aliphatic carbocycles. The zero-order valence-corrected chi connectivity index (χ0v) is 12.9. The Morgan fingerprint density at radius 2 is 2.19 bits per heavy atom. The molecule has 0 saturated carbocycles. The number of anilines is 1. The lowest BCUT2D eigenvalue weighted by molar-refractivity contribution is 0.274. The standard InChI is InChI=1S/C16H18ClN3O/c1-10(2)16-18-8-6-14(20-16)19-13-7-9-21-15-11(13)4-3-5-12(15)17/h3-6,8,10,13H,7,9H2,1-2H3,(H,18,19,20). The SMILES string of the molecule is CC(C)c1nccc(NC2CCOc3c(Cl)cccc32)n1. The molecule has 5 heteroatoms. The number of hydrogen-bond acceptors (Lipinski definition) is 4. The molecule has 1 atom stereocenters. The molecule has 0 fully saturated rings. The molecular formula is C16H18ClN3O. The van der Waals surface area contributed by atoms with E-state index in [0.717, 1.165) is 29.4 Å². The van der Waals surface area contributed by atoms with Crippen LogP contribution in [0.1, 0.15) is 43.6 Å². The van der Waals surface area contributed by atoms with E-state index < -0.39 is 0 Å². The van der Waals surface area contributed by atoms with E-state index in [1.807, 2.05) is 24.3 Å². The zero-order chi connectivity index (χ0) is 14.8. The van der Waals surface area contributed by atoms with Crippen molar-refractivity contribution in [1.82, 2.24) is 9.97 Å². The highest BCUT2D eigenvalue weighted by molar-refractivity contribution is 6.32. The first-order chi connectivity index (χ1) is 10.1. The molecule has 21 heavy (non-hydrogen) atoms. The van der Waals surface area contributed by atoms with Gasteiger partial charge in [0.15, 0.2) is 0 Å². The van der Waals surface area contributed by atoms with Gasteiger partial charge in [0, 0.05) is 24.1 Å². The summed E-state index contributed by atoms with van der Waals surface area (Å²) in [6.45, 7) is 4.82. The molecular weight excluding hydrogens is 286 g/mol. The van der Waals surface area contributed by atoms with E-state index in [-0.39, 0.29) is 6.04 Å². The number of ether oxygens (including phenoxy) is 1. The van der Waals surface area contributed by atoms with Crippen LogP contribution in [0.25, 0.3) is 0 Å². The van der Waals surface area contributed by atoms with Crippen molar-refractivity contribution in [1.29, 1.82) is 0 Å². The van der Waals surface area contributed by atoms with Crippen LogP contribution < -0.4 is 10.1 Å². The van der Waals surface area contributed by atoms with Crippen molar-refractivity contribution >= 4 is 17.4 Å². The summed E-state index contributed by atoms with van der Waals surface area (Å²) in [7, 11) is 0. The topological polar surface area (TPSA) is 47.0 Å². The van der Waals surface area contributed by atoms with Gasteiger partial charge in [-0.05, 0) is 12.1 Å². The summed E-state index contributed by atoms with van der Waals surface area (Å²) < 4.78 is 5.68. The number of rotatable bonds is 3. The number of fused-ring (bicyclic) bond motifs is 1. The predicted octanol–water partition coefficient (Wildman–Crippen LogP) is 4.19. The highest BCUT2D eigenvalue weighted by Crippen LogP contribution is 2.38. The molecule has 3 rings (SSSR count). The van der Waals surface area contributed by atoms with E-state index in [1.54, 1.807) is 6.20 Å². The Kier molecular flexibility index (Phi) is 3.97. The average molecular weight is 304 g/mol. The van der Waals surface area contributed by atoms with Gasteiger partial charge in [-0.15, -0.1) is 0 Å². The largest absolute Gasteiger partial charge is 0.492 e. The first kappa shape index (κ1) is 14.1. The maximum atomic E-state index is 6.20. The van der Waals surface area contributed by atoms with Crippen LogP contribution in [0.2, 0.25) is 5.02 Å². The van der Waals surface area contributed by atoms with Gasteiger partial charge in [0.1, 0.15) is 17.4 Å². The molecule has 1 unspecified atom stereocenters. The van der Waals surface area contributed by atoms with Gasteiger partial charge in [-0.25, -0.2) is 9.97 Å². The van der Waals surface area contributed by atoms with Crippen molar-refractivity contribution in [3.05, 3.63) is 46.9 Å². The minimum atomic E-state index is 0.155. The number of halogens is 1. The molecule has 2 heterocycles. The summed E-state index contributed by atoms with van der Waals surface area (Å²) in [5, 5.41) is 4.13. The van der Waals surface area contributed by atoms with Crippen LogP contribution in [0.3, 0.4) is 0 Å². The van der Waals surface area contributed by atoms with Crippen LogP contribution in [0.4, 0.5) is 5.82 Å². The second-order valence-corrected chi connectivity index (χ2v) is 5.85. The van der Waals surface area contributed by atoms with Crippen LogP contribution >= 0.6 is 11.6 Å². The fraction of sp³-hybridized carbons (Fsp3) is 0.375. The van der Waals surface area contributed by atoms with Crippen molar-refractivity contribution in [2.45, 2.75) is 32.2 Å². The second kappa shape index (κ2) is 5.90.